The van der Waals surface area contributed by atoms with Crippen LogP contribution in [0.4, 0.5) is 23.2 Å². The number of fused-ring (bicyclic) bond motifs is 1. The van der Waals surface area contributed by atoms with E-state index in [4.69, 9.17) is 0 Å². The van der Waals surface area contributed by atoms with Crippen molar-refractivity contribution in [3.8, 4) is 0 Å². The average Bonchev–Trinajstić information content (AvgIpc) is 3.24. The Bertz CT molecular complexity index is 1350. The van der Waals surface area contributed by atoms with Crippen LogP contribution < -0.4 is 10.9 Å². The smallest absolute Gasteiger partial charge is 0.325 e. The number of alkyl halides is 3. The van der Waals surface area contributed by atoms with Gasteiger partial charge >= 0.3 is 6.18 Å². The Morgan fingerprint density at radius 3 is 2.42 bits per heavy atom. The molecule has 170 valence electrons. The van der Waals surface area contributed by atoms with Crippen molar-refractivity contribution in [3.05, 3.63) is 87.3 Å². The molecule has 1 amide bonds. The first-order chi connectivity index (χ1) is 15.7. The molecule has 0 radical (unpaired) electrons. The lowest BCUT2D eigenvalue weighted by Gasteiger charge is -2.12. The third-order valence-electron chi connectivity index (χ3n) is 4.61. The van der Waals surface area contributed by atoms with Crippen LogP contribution in [0.25, 0.3) is 10.2 Å². The monoisotopic (exact) mass is 493 g/mol. The van der Waals surface area contributed by atoms with E-state index >= 15 is 0 Å². The summed E-state index contributed by atoms with van der Waals surface area (Å²) in [7, 11) is 0. The minimum atomic E-state index is -4.46. The number of amides is 1. The third kappa shape index (κ3) is 5.42. The summed E-state index contributed by atoms with van der Waals surface area (Å²) in [6.07, 6.45) is -4.46. The molecule has 0 atom stereocenters. The second-order valence-electron chi connectivity index (χ2n) is 6.96. The third-order valence-corrected chi connectivity index (χ3v) is 6.48. The first kappa shape index (κ1) is 23.0. The number of rotatable bonds is 6. The van der Waals surface area contributed by atoms with Crippen molar-refractivity contribution in [1.29, 1.82) is 0 Å². The number of carbonyl (C=O) groups is 1. The van der Waals surface area contributed by atoms with Gasteiger partial charge in [0.1, 0.15) is 10.5 Å². The fraction of sp³-hybridized carbons (Fsp3) is 0.136. The zero-order chi connectivity index (χ0) is 23.6. The number of benzene rings is 2. The standard InChI is InChI=1S/C22H15F4N3O2S2/c23-15-5-1-13(2-6-15)11-29-20(31)19-17(9-10-32-19)28-21(29)33-12-18(30)27-16-7-3-14(4-8-16)22(24,25)26/h1-10H,11-12H2,(H,27,30). The zero-order valence-electron chi connectivity index (χ0n) is 16.7. The molecule has 0 spiro atoms. The van der Waals surface area contributed by atoms with Gasteiger partial charge < -0.3 is 5.32 Å². The molecule has 0 aliphatic carbocycles. The van der Waals surface area contributed by atoms with Crippen molar-refractivity contribution < 1.29 is 22.4 Å². The molecule has 0 aliphatic rings. The van der Waals surface area contributed by atoms with Crippen LogP contribution in [0.2, 0.25) is 0 Å². The van der Waals surface area contributed by atoms with Gasteiger partial charge in [-0.25, -0.2) is 9.37 Å². The molecule has 4 rings (SSSR count). The highest BCUT2D eigenvalue weighted by Gasteiger charge is 2.30. The molecule has 4 aromatic rings. The second-order valence-corrected chi connectivity index (χ2v) is 8.82. The Kier molecular flexibility index (Phi) is 6.52. The number of nitrogens with zero attached hydrogens (tertiary/aromatic N) is 2. The van der Waals surface area contributed by atoms with E-state index in [-0.39, 0.29) is 23.5 Å². The Labute approximate surface area is 193 Å². The second kappa shape index (κ2) is 9.36. The highest BCUT2D eigenvalue weighted by atomic mass is 32.2. The number of halogens is 4. The molecule has 2 aromatic heterocycles. The van der Waals surface area contributed by atoms with Crippen molar-refractivity contribution in [2.45, 2.75) is 17.9 Å². The van der Waals surface area contributed by atoms with Gasteiger partial charge in [-0.05, 0) is 53.4 Å². The number of hydrogen-bond acceptors (Lipinski definition) is 5. The molecule has 0 bridgehead atoms. The highest BCUT2D eigenvalue weighted by molar-refractivity contribution is 7.99. The fourth-order valence-electron chi connectivity index (χ4n) is 3.02. The van der Waals surface area contributed by atoms with Gasteiger partial charge in [-0.2, -0.15) is 13.2 Å². The quantitative estimate of drug-likeness (QED) is 0.222. The summed E-state index contributed by atoms with van der Waals surface area (Å²) in [6.45, 7) is 0.142. The molecule has 33 heavy (non-hydrogen) atoms. The molecule has 11 heteroatoms. The summed E-state index contributed by atoms with van der Waals surface area (Å²) in [5, 5.41) is 4.58. The van der Waals surface area contributed by atoms with Crippen LogP contribution >= 0.6 is 23.1 Å². The van der Waals surface area contributed by atoms with Crippen LogP contribution in [0, 0.1) is 5.82 Å². The Morgan fingerprint density at radius 2 is 1.76 bits per heavy atom. The normalized spacial score (nSPS) is 11.6. The van der Waals surface area contributed by atoms with E-state index in [1.807, 2.05) is 0 Å². The van der Waals surface area contributed by atoms with E-state index < -0.39 is 23.5 Å². The summed E-state index contributed by atoms with van der Waals surface area (Å²) < 4.78 is 53.2. The molecule has 0 aliphatic heterocycles. The lowest BCUT2D eigenvalue weighted by atomic mass is 10.2. The summed E-state index contributed by atoms with van der Waals surface area (Å²) in [4.78, 5) is 29.8. The van der Waals surface area contributed by atoms with Gasteiger partial charge in [0.25, 0.3) is 5.56 Å². The fourth-order valence-corrected chi connectivity index (χ4v) is 4.59. The molecular formula is C22H15F4N3O2S2. The van der Waals surface area contributed by atoms with E-state index in [2.05, 4.69) is 10.3 Å². The first-order valence-electron chi connectivity index (χ1n) is 9.53. The Balaban J connectivity index is 1.52. The average molecular weight is 494 g/mol. The number of nitrogens with one attached hydrogen (secondary N) is 1. The number of thiophene rings is 1. The Hall–Kier alpha value is -3.18. The first-order valence-corrected chi connectivity index (χ1v) is 11.4. The van der Waals surface area contributed by atoms with Gasteiger partial charge in [0, 0.05) is 5.69 Å². The summed E-state index contributed by atoms with van der Waals surface area (Å²) in [5.41, 5.74) is 0.328. The molecule has 0 saturated carbocycles. The van der Waals surface area contributed by atoms with Crippen LogP contribution in [0.1, 0.15) is 11.1 Å². The van der Waals surface area contributed by atoms with Gasteiger partial charge in [0.05, 0.1) is 23.4 Å². The topological polar surface area (TPSA) is 64.0 Å². The van der Waals surface area contributed by atoms with Crippen LogP contribution in [0.15, 0.2) is 69.9 Å². The van der Waals surface area contributed by atoms with Crippen molar-refractivity contribution in [2.75, 3.05) is 11.1 Å². The molecule has 1 N–H and O–H groups in total. The maximum Gasteiger partial charge on any atom is 0.416 e. The summed E-state index contributed by atoms with van der Waals surface area (Å²) in [6, 6.07) is 11.5. The predicted molar refractivity (Wildman–Crippen MR) is 120 cm³/mol. The summed E-state index contributed by atoms with van der Waals surface area (Å²) in [5.74, 6) is -0.979. The number of anilines is 1. The molecule has 2 heterocycles. The zero-order valence-corrected chi connectivity index (χ0v) is 18.4. The van der Waals surface area contributed by atoms with Gasteiger partial charge in [-0.3, -0.25) is 14.2 Å². The van der Waals surface area contributed by atoms with E-state index in [0.29, 0.717) is 20.9 Å². The van der Waals surface area contributed by atoms with Crippen molar-refractivity contribution in [3.63, 3.8) is 0 Å². The minimum Gasteiger partial charge on any atom is -0.325 e. The van der Waals surface area contributed by atoms with Crippen molar-refractivity contribution in [2.24, 2.45) is 0 Å². The number of carbonyl (C=O) groups excluding carboxylic acids is 1. The van der Waals surface area contributed by atoms with E-state index in [1.165, 1.54) is 40.2 Å². The molecular weight excluding hydrogens is 478 g/mol. The number of hydrogen-bond donors (Lipinski definition) is 1. The maximum atomic E-state index is 13.2. The van der Waals surface area contributed by atoms with Crippen molar-refractivity contribution >= 4 is 44.9 Å². The van der Waals surface area contributed by atoms with Gasteiger partial charge in [0.15, 0.2) is 5.16 Å². The van der Waals surface area contributed by atoms with Crippen LogP contribution in [0.3, 0.4) is 0 Å². The van der Waals surface area contributed by atoms with Gasteiger partial charge in [-0.15, -0.1) is 11.3 Å². The largest absolute Gasteiger partial charge is 0.416 e. The lowest BCUT2D eigenvalue weighted by molar-refractivity contribution is -0.137. The molecule has 0 saturated heterocycles. The molecule has 0 unspecified atom stereocenters. The van der Waals surface area contributed by atoms with Gasteiger partial charge in [-0.1, -0.05) is 23.9 Å². The van der Waals surface area contributed by atoms with E-state index in [9.17, 15) is 27.2 Å². The van der Waals surface area contributed by atoms with Crippen LogP contribution in [-0.2, 0) is 17.5 Å². The molecule has 2 aromatic carbocycles. The number of thioether (sulfide) groups is 1. The van der Waals surface area contributed by atoms with Crippen molar-refractivity contribution in [1.82, 2.24) is 9.55 Å². The van der Waals surface area contributed by atoms with E-state index in [1.54, 1.807) is 23.6 Å². The minimum absolute atomic E-state index is 0.119. The maximum absolute atomic E-state index is 13.2. The van der Waals surface area contributed by atoms with Gasteiger partial charge in [0.2, 0.25) is 5.91 Å². The van der Waals surface area contributed by atoms with Crippen LogP contribution in [-0.4, -0.2) is 21.2 Å². The molecule has 5 nitrogen and oxygen atoms in total. The highest BCUT2D eigenvalue weighted by Crippen LogP contribution is 2.30. The number of aromatic nitrogens is 2. The SMILES string of the molecule is O=C(CSc1nc2ccsc2c(=O)n1Cc1ccc(F)cc1)Nc1ccc(C(F)(F)F)cc1. The summed E-state index contributed by atoms with van der Waals surface area (Å²) >= 11 is 2.28. The Morgan fingerprint density at radius 1 is 1.06 bits per heavy atom. The van der Waals surface area contributed by atoms with Crippen LogP contribution in [0.5, 0.6) is 0 Å². The predicted octanol–water partition coefficient (Wildman–Crippen LogP) is 5.40. The molecule has 0 fully saturated rings. The van der Waals surface area contributed by atoms with E-state index in [0.717, 1.165) is 23.9 Å². The lowest BCUT2D eigenvalue weighted by Crippen LogP contribution is -2.24.